The van der Waals surface area contributed by atoms with Crippen LogP contribution in [0.15, 0.2) is 77.9 Å². The monoisotopic (exact) mass is 394 g/mol. The molecule has 1 heterocycles. The van der Waals surface area contributed by atoms with Gasteiger partial charge in [0.2, 0.25) is 0 Å². The minimum Gasteiger partial charge on any atom is -0.402 e. The molecule has 0 spiro atoms. The Hall–Kier alpha value is -3.02. The predicted molar refractivity (Wildman–Crippen MR) is 115 cm³/mol. The molecule has 0 aromatic heterocycles. The van der Waals surface area contributed by atoms with E-state index in [1.165, 1.54) is 0 Å². The van der Waals surface area contributed by atoms with Crippen LogP contribution in [-0.4, -0.2) is 30.4 Å². The summed E-state index contributed by atoms with van der Waals surface area (Å²) >= 11 is 0. The maximum Gasteiger partial charge on any atom is 0.494 e. The van der Waals surface area contributed by atoms with Crippen molar-refractivity contribution in [3.8, 4) is 0 Å². The Balaban J connectivity index is 1.47. The van der Waals surface area contributed by atoms with Gasteiger partial charge in [0.25, 0.3) is 0 Å². The summed E-state index contributed by atoms with van der Waals surface area (Å²) in [5, 5.41) is 1.91. The molecule has 0 N–H and O–H groups in total. The van der Waals surface area contributed by atoms with Crippen molar-refractivity contribution in [2.45, 2.75) is 31.5 Å². The highest BCUT2D eigenvalue weighted by molar-refractivity contribution is 6.61. The summed E-state index contributed by atoms with van der Waals surface area (Å²) in [4.78, 5) is 27.0. The van der Waals surface area contributed by atoms with E-state index >= 15 is 0 Å². The summed E-state index contributed by atoms with van der Waals surface area (Å²) in [7, 11) is -0.551. The molecule has 0 unspecified atom stereocenters. The lowest BCUT2D eigenvalue weighted by molar-refractivity contribution is -0.0378. The molecule has 3 aliphatic rings. The third-order valence-electron chi connectivity index (χ3n) is 6.46. The lowest BCUT2D eigenvalue weighted by atomic mass is 9.66. The first-order valence-electron chi connectivity index (χ1n) is 10.3. The van der Waals surface area contributed by atoms with E-state index in [1.54, 1.807) is 0 Å². The average Bonchev–Trinajstić information content (AvgIpc) is 2.76. The van der Waals surface area contributed by atoms with Gasteiger partial charge in [-0.2, -0.15) is 0 Å². The minimum atomic E-state index is -0.551. The first-order chi connectivity index (χ1) is 14.5. The third kappa shape index (κ3) is 2.56. The van der Waals surface area contributed by atoms with Crippen molar-refractivity contribution in [2.24, 2.45) is 0 Å². The van der Waals surface area contributed by atoms with E-state index in [1.807, 2.05) is 73.7 Å². The molecule has 1 aliphatic heterocycles. The lowest BCUT2D eigenvalue weighted by Gasteiger charge is -2.47. The Kier molecular flexibility index (Phi) is 3.70. The zero-order chi connectivity index (χ0) is 20.5. The van der Waals surface area contributed by atoms with Gasteiger partial charge in [0, 0.05) is 35.1 Å². The number of carbonyl (C=O) groups excluding carboxylic acids is 2. The van der Waals surface area contributed by atoms with E-state index in [2.05, 4.69) is 0 Å². The zero-order valence-corrected chi connectivity index (χ0v) is 16.6. The van der Waals surface area contributed by atoms with Crippen molar-refractivity contribution in [3.05, 3.63) is 89.0 Å². The number of carbonyl (C=O) groups is 2. The molecular weight excluding hydrogens is 375 g/mol. The van der Waals surface area contributed by atoms with E-state index in [0.717, 1.165) is 16.2 Å². The SMILES string of the molecule is C[C@]12CC3=C(C(=O)c4cc5ccccc5cc4C3=O)[C@H](C1)OB(c1ccccc1)O2. The Morgan fingerprint density at radius 3 is 2.23 bits per heavy atom. The summed E-state index contributed by atoms with van der Waals surface area (Å²) in [6.45, 7) is 2.01. The quantitative estimate of drug-likeness (QED) is 0.588. The van der Waals surface area contributed by atoms with E-state index in [9.17, 15) is 9.59 Å². The van der Waals surface area contributed by atoms with Crippen LogP contribution >= 0.6 is 0 Å². The minimum absolute atomic E-state index is 0.0772. The molecule has 2 aliphatic carbocycles. The molecular formula is C25H19BO4. The summed E-state index contributed by atoms with van der Waals surface area (Å²) in [6.07, 6.45) is 0.535. The lowest BCUT2D eigenvalue weighted by Crippen LogP contribution is -2.57. The number of hydrogen-bond donors (Lipinski definition) is 0. The highest BCUT2D eigenvalue weighted by Gasteiger charge is 2.52. The van der Waals surface area contributed by atoms with Crippen LogP contribution in [0.25, 0.3) is 10.8 Å². The van der Waals surface area contributed by atoms with Gasteiger partial charge in [0.15, 0.2) is 11.6 Å². The standard InChI is InChI=1S/C25H19BO4/c1-25-13-20-22(21(14-25)29-26(30-25)17-9-3-2-4-10-17)24(28)19-12-16-8-6-5-7-15(16)11-18(19)23(20)27/h2-12,21H,13-14H2,1H3/t21-,25-/m0/s1. The van der Waals surface area contributed by atoms with Gasteiger partial charge in [0.1, 0.15) is 0 Å². The maximum absolute atomic E-state index is 13.6. The van der Waals surface area contributed by atoms with Crippen LogP contribution in [0.2, 0.25) is 0 Å². The van der Waals surface area contributed by atoms with Crippen LogP contribution in [-0.2, 0) is 9.31 Å². The largest absolute Gasteiger partial charge is 0.494 e. The second-order valence-corrected chi connectivity index (χ2v) is 8.61. The number of rotatable bonds is 1. The van der Waals surface area contributed by atoms with Crippen LogP contribution in [0, 0.1) is 0 Å². The van der Waals surface area contributed by atoms with Crippen molar-refractivity contribution in [3.63, 3.8) is 0 Å². The van der Waals surface area contributed by atoms with Gasteiger partial charge in [-0.25, -0.2) is 0 Å². The Labute approximate surface area is 174 Å². The van der Waals surface area contributed by atoms with Crippen LogP contribution in [0.4, 0.5) is 0 Å². The molecule has 5 heteroatoms. The van der Waals surface area contributed by atoms with Crippen molar-refractivity contribution >= 4 is 34.9 Å². The smallest absolute Gasteiger partial charge is 0.402 e. The van der Waals surface area contributed by atoms with E-state index in [-0.39, 0.29) is 11.6 Å². The van der Waals surface area contributed by atoms with Crippen molar-refractivity contribution in [1.29, 1.82) is 0 Å². The highest BCUT2D eigenvalue weighted by Crippen LogP contribution is 2.45. The van der Waals surface area contributed by atoms with Gasteiger partial charge >= 0.3 is 7.12 Å². The second-order valence-electron chi connectivity index (χ2n) is 8.61. The molecule has 2 bridgehead atoms. The molecule has 3 aromatic rings. The van der Waals surface area contributed by atoms with Crippen LogP contribution in [0.3, 0.4) is 0 Å². The number of benzene rings is 3. The predicted octanol–water partition coefficient (Wildman–Crippen LogP) is 3.88. The Morgan fingerprint density at radius 2 is 1.53 bits per heavy atom. The molecule has 2 atom stereocenters. The zero-order valence-electron chi connectivity index (χ0n) is 16.6. The second kappa shape index (κ2) is 6.24. The van der Waals surface area contributed by atoms with E-state index in [4.69, 9.17) is 9.31 Å². The fourth-order valence-electron chi connectivity index (χ4n) is 5.04. The first-order valence-corrected chi connectivity index (χ1v) is 10.3. The maximum atomic E-state index is 13.6. The van der Waals surface area contributed by atoms with Gasteiger partial charge in [-0.05, 0) is 35.3 Å². The fourth-order valence-corrected chi connectivity index (χ4v) is 5.04. The molecule has 4 nitrogen and oxygen atoms in total. The molecule has 0 saturated carbocycles. The molecule has 1 fully saturated rings. The normalized spacial score (nSPS) is 25.4. The topological polar surface area (TPSA) is 52.6 Å². The fraction of sp³-hybridized carbons (Fsp3) is 0.200. The van der Waals surface area contributed by atoms with Gasteiger partial charge in [-0.3, -0.25) is 9.59 Å². The van der Waals surface area contributed by atoms with Crippen LogP contribution in [0.1, 0.15) is 40.5 Å². The van der Waals surface area contributed by atoms with Crippen molar-refractivity contribution < 1.29 is 18.9 Å². The summed E-state index contributed by atoms with van der Waals surface area (Å²) < 4.78 is 12.5. The number of ketones is 2. The average molecular weight is 394 g/mol. The van der Waals surface area contributed by atoms with Crippen molar-refractivity contribution in [1.82, 2.24) is 0 Å². The van der Waals surface area contributed by atoms with Gasteiger partial charge in [-0.1, -0.05) is 54.6 Å². The number of Topliss-reactive ketones (excluding diaryl/α,β-unsaturated/α-hetero) is 2. The molecule has 146 valence electrons. The van der Waals surface area contributed by atoms with Gasteiger partial charge < -0.3 is 9.31 Å². The van der Waals surface area contributed by atoms with Crippen LogP contribution in [0.5, 0.6) is 0 Å². The summed E-state index contributed by atoms with van der Waals surface area (Å²) in [5.41, 5.74) is 2.40. The van der Waals surface area contributed by atoms with E-state index < -0.39 is 18.8 Å². The highest BCUT2D eigenvalue weighted by atomic mass is 16.6. The van der Waals surface area contributed by atoms with Crippen molar-refractivity contribution in [2.75, 3.05) is 0 Å². The first kappa shape index (κ1) is 17.8. The molecule has 1 saturated heterocycles. The van der Waals surface area contributed by atoms with Gasteiger partial charge in [0.05, 0.1) is 11.7 Å². The molecule has 30 heavy (non-hydrogen) atoms. The Morgan fingerprint density at radius 1 is 0.900 bits per heavy atom. The molecule has 0 radical (unpaired) electrons. The van der Waals surface area contributed by atoms with Crippen LogP contribution < -0.4 is 5.46 Å². The number of fused-ring (bicyclic) bond motifs is 5. The summed E-state index contributed by atoms with van der Waals surface area (Å²) in [5.74, 6) is -0.169. The molecule has 6 rings (SSSR count). The number of hydrogen-bond acceptors (Lipinski definition) is 4. The molecule has 3 aromatic carbocycles. The van der Waals surface area contributed by atoms with Gasteiger partial charge in [-0.15, -0.1) is 0 Å². The van der Waals surface area contributed by atoms with E-state index in [0.29, 0.717) is 35.1 Å². The summed E-state index contributed by atoms with van der Waals surface area (Å²) in [6, 6.07) is 21.2. The Bertz CT molecular complexity index is 1260. The molecule has 0 amide bonds. The third-order valence-corrected chi connectivity index (χ3v) is 6.46.